The Morgan fingerprint density at radius 3 is 2.71 bits per heavy atom. The largest absolute Gasteiger partial charge is 0.392 e. The zero-order valence-electron chi connectivity index (χ0n) is 10.0. The van der Waals surface area contributed by atoms with Gasteiger partial charge in [0.25, 0.3) is 0 Å². The molecular formula is C12H19N3OS. The molecule has 1 aliphatic carbocycles. The smallest absolute Gasteiger partial charge is 0.235 e. The van der Waals surface area contributed by atoms with Gasteiger partial charge in [0, 0.05) is 25.7 Å². The molecule has 5 heteroatoms. The molecule has 94 valence electrons. The third-order valence-corrected chi connectivity index (χ3v) is 4.90. The highest BCUT2D eigenvalue weighted by molar-refractivity contribution is 7.80. The molecule has 3 fully saturated rings. The van der Waals surface area contributed by atoms with Crippen molar-refractivity contribution in [3.63, 3.8) is 0 Å². The van der Waals surface area contributed by atoms with Gasteiger partial charge in [0.1, 0.15) is 0 Å². The van der Waals surface area contributed by atoms with Gasteiger partial charge in [-0.25, -0.2) is 0 Å². The van der Waals surface area contributed by atoms with Gasteiger partial charge in [-0.1, -0.05) is 12.2 Å². The summed E-state index contributed by atoms with van der Waals surface area (Å²) in [5, 5.41) is 0. The number of hydrogen-bond acceptors (Lipinski definition) is 3. The highest BCUT2D eigenvalue weighted by atomic mass is 32.1. The Balaban J connectivity index is 1.69. The molecule has 0 aromatic heterocycles. The summed E-state index contributed by atoms with van der Waals surface area (Å²) >= 11 is 5.05. The quantitative estimate of drug-likeness (QED) is 0.722. The number of piperazine rings is 1. The van der Waals surface area contributed by atoms with Crippen LogP contribution in [-0.4, -0.2) is 52.9 Å². The summed E-state index contributed by atoms with van der Waals surface area (Å²) in [5.41, 5.74) is 5.26. The molecule has 2 saturated heterocycles. The van der Waals surface area contributed by atoms with Crippen molar-refractivity contribution in [3.8, 4) is 0 Å². The van der Waals surface area contributed by atoms with Crippen molar-refractivity contribution in [2.75, 3.05) is 26.2 Å². The van der Waals surface area contributed by atoms with Crippen molar-refractivity contribution in [3.05, 3.63) is 0 Å². The molecule has 3 aliphatic rings. The second-order valence-electron chi connectivity index (χ2n) is 5.53. The number of hydrogen-bond donors (Lipinski definition) is 1. The molecule has 1 atom stereocenters. The van der Waals surface area contributed by atoms with E-state index >= 15 is 0 Å². The van der Waals surface area contributed by atoms with E-state index in [1.807, 2.05) is 4.90 Å². The normalized spacial score (nSPS) is 31.1. The average Bonchev–Trinajstić information content (AvgIpc) is 3.00. The van der Waals surface area contributed by atoms with Crippen molar-refractivity contribution in [1.82, 2.24) is 9.80 Å². The molecule has 0 spiro atoms. The molecule has 1 amide bonds. The number of fused-ring (bicyclic) bond motifs is 1. The first-order valence-corrected chi connectivity index (χ1v) is 6.88. The van der Waals surface area contributed by atoms with Gasteiger partial charge in [-0.05, 0) is 32.2 Å². The van der Waals surface area contributed by atoms with E-state index in [9.17, 15) is 4.79 Å². The van der Waals surface area contributed by atoms with Crippen LogP contribution in [0.2, 0.25) is 0 Å². The summed E-state index contributed by atoms with van der Waals surface area (Å²) in [4.78, 5) is 17.4. The van der Waals surface area contributed by atoms with Crippen LogP contribution in [0.5, 0.6) is 0 Å². The molecule has 2 heterocycles. The first-order valence-electron chi connectivity index (χ1n) is 6.47. The fourth-order valence-corrected chi connectivity index (χ4v) is 3.46. The van der Waals surface area contributed by atoms with E-state index in [-0.39, 0.29) is 5.91 Å². The van der Waals surface area contributed by atoms with Crippen LogP contribution in [0.15, 0.2) is 0 Å². The highest BCUT2D eigenvalue weighted by Gasteiger charge is 2.55. The van der Waals surface area contributed by atoms with E-state index in [1.165, 1.54) is 19.4 Å². The number of rotatable bonds is 2. The topological polar surface area (TPSA) is 49.6 Å². The summed E-state index contributed by atoms with van der Waals surface area (Å²) in [7, 11) is 0. The van der Waals surface area contributed by atoms with Crippen LogP contribution in [0.25, 0.3) is 0 Å². The minimum absolute atomic E-state index is 0.191. The lowest BCUT2D eigenvalue weighted by atomic mass is 10.0. The summed E-state index contributed by atoms with van der Waals surface area (Å²) in [5.74, 6) is 0.191. The molecule has 0 bridgehead atoms. The van der Waals surface area contributed by atoms with Crippen LogP contribution in [-0.2, 0) is 4.79 Å². The van der Waals surface area contributed by atoms with Gasteiger partial charge in [0.15, 0.2) is 0 Å². The number of nitrogens with zero attached hydrogens (tertiary/aromatic N) is 2. The number of amides is 1. The lowest BCUT2D eigenvalue weighted by Gasteiger charge is -2.39. The van der Waals surface area contributed by atoms with Gasteiger partial charge in [0.2, 0.25) is 5.91 Å². The SMILES string of the molecule is NC(=S)C1(C(=O)N2CCN3CCCC3C2)CC1. The Morgan fingerprint density at radius 2 is 2.06 bits per heavy atom. The van der Waals surface area contributed by atoms with Crippen molar-refractivity contribution in [2.45, 2.75) is 31.7 Å². The first kappa shape index (κ1) is 11.4. The second kappa shape index (κ2) is 3.92. The number of carbonyl (C=O) groups excluding carboxylic acids is 1. The van der Waals surface area contributed by atoms with Gasteiger partial charge in [-0.15, -0.1) is 0 Å². The summed E-state index contributed by atoms with van der Waals surface area (Å²) in [6.07, 6.45) is 4.20. The predicted octanol–water partition coefficient (Wildman–Crippen LogP) is 0.359. The lowest BCUT2D eigenvalue weighted by molar-refractivity contribution is -0.137. The molecule has 2 aliphatic heterocycles. The molecule has 1 unspecified atom stereocenters. The van der Waals surface area contributed by atoms with Crippen LogP contribution in [0.4, 0.5) is 0 Å². The van der Waals surface area contributed by atoms with E-state index in [1.54, 1.807) is 0 Å². The first-order chi connectivity index (χ1) is 8.13. The maximum absolute atomic E-state index is 12.5. The van der Waals surface area contributed by atoms with Crippen LogP contribution in [0.3, 0.4) is 0 Å². The zero-order chi connectivity index (χ0) is 12.0. The summed E-state index contributed by atoms with van der Waals surface area (Å²) in [6, 6.07) is 0.579. The highest BCUT2D eigenvalue weighted by Crippen LogP contribution is 2.47. The third kappa shape index (κ3) is 1.76. The molecule has 0 radical (unpaired) electrons. The molecule has 17 heavy (non-hydrogen) atoms. The average molecular weight is 253 g/mol. The molecule has 4 nitrogen and oxygen atoms in total. The van der Waals surface area contributed by atoms with E-state index < -0.39 is 5.41 Å². The maximum Gasteiger partial charge on any atom is 0.235 e. The number of thiocarbonyl (C=S) groups is 1. The van der Waals surface area contributed by atoms with E-state index in [4.69, 9.17) is 18.0 Å². The number of carbonyl (C=O) groups is 1. The van der Waals surface area contributed by atoms with Crippen LogP contribution >= 0.6 is 12.2 Å². The molecule has 0 aromatic rings. The Bertz CT molecular complexity index is 367. The van der Waals surface area contributed by atoms with E-state index in [0.29, 0.717) is 11.0 Å². The Labute approximate surface area is 107 Å². The molecule has 0 aromatic carbocycles. The molecule has 2 N–H and O–H groups in total. The standard InChI is InChI=1S/C12H19N3OS/c13-10(17)12(3-4-12)11(16)15-7-6-14-5-1-2-9(14)8-15/h9H,1-8H2,(H2,13,17). The lowest BCUT2D eigenvalue weighted by Crippen LogP contribution is -2.55. The van der Waals surface area contributed by atoms with Crippen LogP contribution < -0.4 is 5.73 Å². The zero-order valence-corrected chi connectivity index (χ0v) is 10.8. The molecular weight excluding hydrogens is 234 g/mol. The fraction of sp³-hybridized carbons (Fsp3) is 0.833. The maximum atomic E-state index is 12.5. The van der Waals surface area contributed by atoms with Crippen molar-refractivity contribution in [1.29, 1.82) is 0 Å². The minimum Gasteiger partial charge on any atom is -0.392 e. The molecule has 1 saturated carbocycles. The van der Waals surface area contributed by atoms with Crippen molar-refractivity contribution in [2.24, 2.45) is 11.1 Å². The van der Waals surface area contributed by atoms with Gasteiger partial charge in [0.05, 0.1) is 10.4 Å². The summed E-state index contributed by atoms with van der Waals surface area (Å²) in [6.45, 7) is 3.94. The Morgan fingerprint density at radius 1 is 1.29 bits per heavy atom. The van der Waals surface area contributed by atoms with Crippen LogP contribution in [0, 0.1) is 5.41 Å². The van der Waals surface area contributed by atoms with Gasteiger partial charge in [-0.3, -0.25) is 9.69 Å². The Hall–Kier alpha value is -0.680. The van der Waals surface area contributed by atoms with Gasteiger partial charge < -0.3 is 10.6 Å². The van der Waals surface area contributed by atoms with E-state index in [2.05, 4.69) is 4.90 Å². The summed E-state index contributed by atoms with van der Waals surface area (Å²) < 4.78 is 0. The van der Waals surface area contributed by atoms with Gasteiger partial charge in [-0.2, -0.15) is 0 Å². The van der Waals surface area contributed by atoms with E-state index in [0.717, 1.165) is 32.5 Å². The second-order valence-corrected chi connectivity index (χ2v) is 5.97. The minimum atomic E-state index is -0.462. The monoisotopic (exact) mass is 253 g/mol. The number of nitrogens with two attached hydrogens (primary N) is 1. The van der Waals surface area contributed by atoms with Crippen LogP contribution in [0.1, 0.15) is 25.7 Å². The predicted molar refractivity (Wildman–Crippen MR) is 69.6 cm³/mol. The van der Waals surface area contributed by atoms with Crippen molar-refractivity contribution < 1.29 is 4.79 Å². The fourth-order valence-electron chi connectivity index (χ4n) is 3.17. The van der Waals surface area contributed by atoms with Gasteiger partial charge >= 0.3 is 0 Å². The third-order valence-electron chi connectivity index (χ3n) is 4.51. The Kier molecular flexibility index (Phi) is 2.63. The molecule has 3 rings (SSSR count). The van der Waals surface area contributed by atoms with Crippen molar-refractivity contribution >= 4 is 23.1 Å².